The highest BCUT2D eigenvalue weighted by Gasteiger charge is 2.17. The number of nitrogens with one attached hydrogen (secondary N) is 1. The van der Waals surface area contributed by atoms with Crippen molar-refractivity contribution < 1.29 is 14.1 Å². The molecule has 1 amide bonds. The number of amides is 1. The molecule has 0 fully saturated rings. The molecule has 2 aromatic carbocycles. The Hall–Kier alpha value is -3.48. The lowest BCUT2D eigenvalue weighted by atomic mass is 10.2. The SMILES string of the molecule is O=C(Nc1cc2cccc([N+](=O)[O-])c2oc1=O)c1ccccc1. The molecular weight excluding hydrogens is 300 g/mol. The zero-order chi connectivity index (χ0) is 16.4. The van der Waals surface area contributed by atoms with E-state index >= 15 is 0 Å². The average Bonchev–Trinajstić information content (AvgIpc) is 2.55. The minimum absolute atomic E-state index is 0.0770. The summed E-state index contributed by atoms with van der Waals surface area (Å²) in [5.74, 6) is -0.470. The van der Waals surface area contributed by atoms with Crippen molar-refractivity contribution in [3.63, 3.8) is 0 Å². The number of hydrogen-bond acceptors (Lipinski definition) is 5. The highest BCUT2D eigenvalue weighted by molar-refractivity contribution is 6.04. The predicted molar refractivity (Wildman–Crippen MR) is 83.5 cm³/mol. The Morgan fingerprint density at radius 2 is 1.83 bits per heavy atom. The van der Waals surface area contributed by atoms with Gasteiger partial charge in [-0.3, -0.25) is 14.9 Å². The number of carbonyl (C=O) groups is 1. The Morgan fingerprint density at radius 3 is 2.52 bits per heavy atom. The van der Waals surface area contributed by atoms with E-state index in [0.717, 1.165) is 0 Å². The number of carbonyl (C=O) groups excluding carboxylic acids is 1. The molecule has 1 heterocycles. The first-order valence-corrected chi connectivity index (χ1v) is 6.64. The number of rotatable bonds is 3. The Labute approximate surface area is 129 Å². The maximum Gasteiger partial charge on any atom is 0.360 e. The summed E-state index contributed by atoms with van der Waals surface area (Å²) in [4.78, 5) is 34.4. The van der Waals surface area contributed by atoms with Gasteiger partial charge in [-0.1, -0.05) is 30.3 Å². The van der Waals surface area contributed by atoms with E-state index < -0.39 is 16.5 Å². The number of nitro benzene ring substituents is 1. The first kappa shape index (κ1) is 14.5. The second-order valence-electron chi connectivity index (χ2n) is 4.72. The van der Waals surface area contributed by atoms with Gasteiger partial charge in [-0.2, -0.15) is 0 Å². The molecular formula is C16H10N2O5. The van der Waals surface area contributed by atoms with E-state index in [-0.39, 0.29) is 17.0 Å². The minimum Gasteiger partial charge on any atom is -0.414 e. The average molecular weight is 310 g/mol. The van der Waals surface area contributed by atoms with Gasteiger partial charge in [0.15, 0.2) is 0 Å². The second kappa shape index (κ2) is 5.72. The molecule has 0 saturated carbocycles. The van der Waals surface area contributed by atoms with Crippen molar-refractivity contribution >= 4 is 28.3 Å². The van der Waals surface area contributed by atoms with E-state index in [9.17, 15) is 19.7 Å². The summed E-state index contributed by atoms with van der Waals surface area (Å²) in [5.41, 5.74) is -0.977. The molecule has 0 aliphatic carbocycles. The molecule has 23 heavy (non-hydrogen) atoms. The largest absolute Gasteiger partial charge is 0.414 e. The zero-order valence-corrected chi connectivity index (χ0v) is 11.7. The molecule has 7 nitrogen and oxygen atoms in total. The molecule has 0 aliphatic heterocycles. The van der Waals surface area contributed by atoms with E-state index in [4.69, 9.17) is 4.42 Å². The third kappa shape index (κ3) is 2.80. The first-order valence-electron chi connectivity index (χ1n) is 6.64. The van der Waals surface area contributed by atoms with Crippen LogP contribution >= 0.6 is 0 Å². The van der Waals surface area contributed by atoms with Crippen LogP contribution in [0.25, 0.3) is 11.0 Å². The maximum absolute atomic E-state index is 12.1. The quantitative estimate of drug-likeness (QED) is 0.455. The van der Waals surface area contributed by atoms with Crippen LogP contribution < -0.4 is 10.9 Å². The second-order valence-corrected chi connectivity index (χ2v) is 4.72. The topological polar surface area (TPSA) is 102 Å². The maximum atomic E-state index is 12.1. The van der Waals surface area contributed by atoms with Gasteiger partial charge in [0, 0.05) is 17.0 Å². The van der Waals surface area contributed by atoms with Crippen molar-refractivity contribution in [2.75, 3.05) is 5.32 Å². The Balaban J connectivity index is 2.03. The highest BCUT2D eigenvalue weighted by Crippen LogP contribution is 2.25. The van der Waals surface area contributed by atoms with Crippen LogP contribution in [-0.2, 0) is 0 Å². The summed E-state index contributed by atoms with van der Waals surface area (Å²) in [6.45, 7) is 0. The van der Waals surface area contributed by atoms with Crippen LogP contribution in [0.4, 0.5) is 11.4 Å². The van der Waals surface area contributed by atoms with E-state index in [1.807, 2.05) is 0 Å². The standard InChI is InChI=1S/C16H10N2O5/c19-15(10-5-2-1-3-6-10)17-12-9-11-7-4-8-13(18(21)22)14(11)23-16(12)20/h1-9H,(H,17,19). The van der Waals surface area contributed by atoms with E-state index in [1.165, 1.54) is 18.2 Å². The lowest BCUT2D eigenvalue weighted by Gasteiger charge is -2.05. The van der Waals surface area contributed by atoms with Crippen LogP contribution in [0.5, 0.6) is 0 Å². The molecule has 0 aliphatic rings. The van der Waals surface area contributed by atoms with Gasteiger partial charge in [-0.05, 0) is 18.2 Å². The fourth-order valence-electron chi connectivity index (χ4n) is 2.14. The van der Waals surface area contributed by atoms with Gasteiger partial charge in [0.2, 0.25) is 5.58 Å². The number of anilines is 1. The van der Waals surface area contributed by atoms with E-state index in [1.54, 1.807) is 36.4 Å². The number of non-ortho nitro benzene ring substituents is 1. The number of para-hydroxylation sites is 1. The van der Waals surface area contributed by atoms with Crippen molar-refractivity contribution in [3.05, 3.63) is 80.7 Å². The van der Waals surface area contributed by atoms with Crippen molar-refractivity contribution in [3.8, 4) is 0 Å². The van der Waals surface area contributed by atoms with Crippen LogP contribution in [0, 0.1) is 10.1 Å². The van der Waals surface area contributed by atoms with Crippen LogP contribution in [0.3, 0.4) is 0 Å². The lowest BCUT2D eigenvalue weighted by Crippen LogP contribution is -2.17. The number of nitro groups is 1. The van der Waals surface area contributed by atoms with Crippen LogP contribution in [0.1, 0.15) is 10.4 Å². The lowest BCUT2D eigenvalue weighted by molar-refractivity contribution is -0.383. The van der Waals surface area contributed by atoms with E-state index in [2.05, 4.69) is 5.32 Å². The van der Waals surface area contributed by atoms with Gasteiger partial charge >= 0.3 is 11.3 Å². The molecule has 0 bridgehead atoms. The Kier molecular flexibility index (Phi) is 3.60. The number of hydrogen-bond donors (Lipinski definition) is 1. The molecule has 114 valence electrons. The molecule has 0 radical (unpaired) electrons. The third-order valence-electron chi connectivity index (χ3n) is 3.22. The minimum atomic E-state index is -0.851. The molecule has 1 N–H and O–H groups in total. The summed E-state index contributed by atoms with van der Waals surface area (Å²) in [6, 6.07) is 14.0. The molecule has 3 aromatic rings. The fraction of sp³-hybridized carbons (Fsp3) is 0. The summed E-state index contributed by atoms with van der Waals surface area (Å²) in [6.07, 6.45) is 0. The number of nitrogens with zero attached hydrogens (tertiary/aromatic N) is 1. The van der Waals surface area contributed by atoms with E-state index in [0.29, 0.717) is 10.9 Å². The Bertz CT molecular complexity index is 963. The van der Waals surface area contributed by atoms with Gasteiger partial charge in [0.1, 0.15) is 5.69 Å². The predicted octanol–water partition coefficient (Wildman–Crippen LogP) is 2.95. The molecule has 3 rings (SSSR count). The smallest absolute Gasteiger partial charge is 0.360 e. The van der Waals surface area contributed by atoms with Gasteiger partial charge in [0.05, 0.1) is 4.92 Å². The van der Waals surface area contributed by atoms with Gasteiger partial charge in [-0.25, -0.2) is 4.79 Å². The number of fused-ring (bicyclic) bond motifs is 1. The van der Waals surface area contributed by atoms with Crippen molar-refractivity contribution in [2.45, 2.75) is 0 Å². The van der Waals surface area contributed by atoms with Gasteiger partial charge < -0.3 is 9.73 Å². The molecule has 0 atom stereocenters. The summed E-state index contributed by atoms with van der Waals surface area (Å²) in [7, 11) is 0. The normalized spacial score (nSPS) is 10.4. The summed E-state index contributed by atoms with van der Waals surface area (Å²) >= 11 is 0. The fourth-order valence-corrected chi connectivity index (χ4v) is 2.14. The molecule has 1 aromatic heterocycles. The van der Waals surface area contributed by atoms with Crippen molar-refractivity contribution in [1.82, 2.24) is 0 Å². The first-order chi connectivity index (χ1) is 11.1. The van der Waals surface area contributed by atoms with Crippen LogP contribution in [0.15, 0.2) is 63.8 Å². The molecule has 0 unspecified atom stereocenters. The monoisotopic (exact) mass is 310 g/mol. The molecule has 7 heteroatoms. The summed E-state index contributed by atoms with van der Waals surface area (Å²) in [5, 5.41) is 13.7. The summed E-state index contributed by atoms with van der Waals surface area (Å²) < 4.78 is 5.01. The third-order valence-corrected chi connectivity index (χ3v) is 3.22. The van der Waals surface area contributed by atoms with Crippen LogP contribution in [0.2, 0.25) is 0 Å². The van der Waals surface area contributed by atoms with Crippen molar-refractivity contribution in [2.24, 2.45) is 0 Å². The number of benzene rings is 2. The van der Waals surface area contributed by atoms with Gasteiger partial charge in [0.25, 0.3) is 5.91 Å². The highest BCUT2D eigenvalue weighted by atomic mass is 16.6. The molecule has 0 saturated heterocycles. The van der Waals surface area contributed by atoms with Crippen molar-refractivity contribution in [1.29, 1.82) is 0 Å². The zero-order valence-electron chi connectivity index (χ0n) is 11.7. The molecule has 0 spiro atoms. The van der Waals surface area contributed by atoms with Crippen LogP contribution in [-0.4, -0.2) is 10.8 Å². The van der Waals surface area contributed by atoms with Gasteiger partial charge in [-0.15, -0.1) is 0 Å². The Morgan fingerprint density at radius 1 is 1.09 bits per heavy atom.